The number of ether oxygens (including phenoxy) is 6. The van der Waals surface area contributed by atoms with Crippen molar-refractivity contribution in [2.75, 3.05) is 39.6 Å². The van der Waals surface area contributed by atoms with Gasteiger partial charge in [0.25, 0.3) is 0 Å². The van der Waals surface area contributed by atoms with E-state index < -0.39 is 30.3 Å². The van der Waals surface area contributed by atoms with E-state index in [9.17, 15) is 24.9 Å². The highest BCUT2D eigenvalue weighted by atomic mass is 16.6. The maximum Gasteiger partial charge on any atom is 0.330 e. The van der Waals surface area contributed by atoms with Crippen LogP contribution in [0.4, 0.5) is 0 Å². The van der Waals surface area contributed by atoms with Crippen LogP contribution in [0.3, 0.4) is 0 Å². The molecule has 2 aromatic rings. The SMILES string of the molecule is C=CC(=O)OCC(O)COC1C=CC(c2ccc(OCC(O)COc3ccc(C4=CC(=C(C)C)C(OCC(O)COC(=O)C=C)C=C4)cc3)cc2)=CC1=C(C)C. The number of benzene rings is 2. The van der Waals surface area contributed by atoms with Gasteiger partial charge < -0.3 is 43.7 Å². The minimum atomic E-state index is -0.962. The lowest BCUT2D eigenvalue weighted by atomic mass is 9.92. The summed E-state index contributed by atoms with van der Waals surface area (Å²) in [6.07, 6.45) is 10.5. The van der Waals surface area contributed by atoms with Crippen molar-refractivity contribution in [1.29, 1.82) is 0 Å². The monoisotopic (exact) mass is 768 g/mol. The number of hydrogen-bond donors (Lipinski definition) is 3. The van der Waals surface area contributed by atoms with Crippen molar-refractivity contribution in [2.24, 2.45) is 0 Å². The molecule has 11 heteroatoms. The fraction of sp³-hybridized carbons (Fsp3) is 0.333. The Labute approximate surface area is 328 Å². The van der Waals surface area contributed by atoms with E-state index in [0.717, 1.165) is 56.7 Å². The second-order valence-electron chi connectivity index (χ2n) is 13.6. The maximum atomic E-state index is 11.3. The predicted octanol–water partition coefficient (Wildman–Crippen LogP) is 6.04. The lowest BCUT2D eigenvalue weighted by Crippen LogP contribution is -2.27. The molecule has 3 N–H and O–H groups in total. The summed E-state index contributed by atoms with van der Waals surface area (Å²) in [5.41, 5.74) is 7.98. The second kappa shape index (κ2) is 21.7. The normalized spacial score (nSPS) is 17.8. The van der Waals surface area contributed by atoms with Crippen LogP contribution in [0.5, 0.6) is 11.5 Å². The van der Waals surface area contributed by atoms with Gasteiger partial charge in [0.2, 0.25) is 0 Å². The summed E-state index contributed by atoms with van der Waals surface area (Å²) in [5, 5.41) is 30.9. The molecular weight excluding hydrogens is 716 g/mol. The highest BCUT2D eigenvalue weighted by molar-refractivity contribution is 5.82. The van der Waals surface area contributed by atoms with Crippen LogP contribution in [0.2, 0.25) is 0 Å². The summed E-state index contributed by atoms with van der Waals surface area (Å²) >= 11 is 0. The van der Waals surface area contributed by atoms with Crippen LogP contribution in [0.25, 0.3) is 11.1 Å². The first-order chi connectivity index (χ1) is 26.9. The van der Waals surface area contributed by atoms with E-state index in [2.05, 4.69) is 13.2 Å². The van der Waals surface area contributed by atoms with Crippen LogP contribution in [-0.2, 0) is 28.5 Å². The van der Waals surface area contributed by atoms with Crippen LogP contribution in [0, 0.1) is 0 Å². The van der Waals surface area contributed by atoms with Gasteiger partial charge in [0, 0.05) is 12.2 Å². The molecule has 0 amide bonds. The molecule has 2 aliphatic carbocycles. The molecule has 298 valence electrons. The molecule has 2 aliphatic rings. The Kier molecular flexibility index (Phi) is 16.8. The van der Waals surface area contributed by atoms with Crippen molar-refractivity contribution in [2.45, 2.75) is 58.2 Å². The van der Waals surface area contributed by atoms with Crippen LogP contribution >= 0.6 is 0 Å². The Morgan fingerprint density at radius 2 is 0.946 bits per heavy atom. The second-order valence-corrected chi connectivity index (χ2v) is 13.6. The number of carbonyl (C=O) groups excluding carboxylic acids is 2. The largest absolute Gasteiger partial charge is 0.491 e. The predicted molar refractivity (Wildman–Crippen MR) is 215 cm³/mol. The standard InChI is InChI=1S/C45H52O11/c1-7-44(49)55-27-36(47)25-53-42-19-13-33(21-40(42)29(3)4)31-9-15-38(16-10-31)51-23-35(46)24-52-39-17-11-32(12-18-39)34-14-20-43(41(22-34)30(5)6)54-26-37(48)28-56-45(50)8-2/h7-22,35-37,42-43,46-48H,1-2,23-28H2,3-6H3. The number of hydrogen-bond acceptors (Lipinski definition) is 11. The van der Waals surface area contributed by atoms with Crippen LogP contribution in [0.15, 0.2) is 133 Å². The molecule has 56 heavy (non-hydrogen) atoms. The third-order valence-corrected chi connectivity index (χ3v) is 8.66. The molecule has 4 atom stereocenters. The average Bonchev–Trinajstić information content (AvgIpc) is 3.21. The number of rotatable bonds is 20. The maximum absolute atomic E-state index is 11.3. The molecular formula is C45H52O11. The topological polar surface area (TPSA) is 150 Å². The Morgan fingerprint density at radius 3 is 1.29 bits per heavy atom. The van der Waals surface area contributed by atoms with E-state index in [1.54, 1.807) is 0 Å². The van der Waals surface area contributed by atoms with E-state index in [0.29, 0.717) is 11.5 Å². The van der Waals surface area contributed by atoms with Gasteiger partial charge >= 0.3 is 11.9 Å². The lowest BCUT2D eigenvalue weighted by Gasteiger charge is -2.23. The summed E-state index contributed by atoms with van der Waals surface area (Å²) in [6, 6.07) is 15.2. The van der Waals surface area contributed by atoms with Crippen molar-refractivity contribution in [3.8, 4) is 11.5 Å². The van der Waals surface area contributed by atoms with Gasteiger partial charge in [-0.15, -0.1) is 0 Å². The van der Waals surface area contributed by atoms with Crippen molar-refractivity contribution >= 4 is 23.1 Å². The minimum Gasteiger partial charge on any atom is -0.491 e. The van der Waals surface area contributed by atoms with Crippen molar-refractivity contribution in [3.63, 3.8) is 0 Å². The molecule has 0 heterocycles. The van der Waals surface area contributed by atoms with E-state index in [4.69, 9.17) is 28.4 Å². The summed E-state index contributed by atoms with van der Waals surface area (Å²) < 4.78 is 33.3. The molecule has 2 aromatic carbocycles. The molecule has 0 saturated carbocycles. The van der Waals surface area contributed by atoms with Gasteiger partial charge in [-0.3, -0.25) is 0 Å². The van der Waals surface area contributed by atoms with Gasteiger partial charge in [0.05, 0.1) is 13.2 Å². The van der Waals surface area contributed by atoms with Gasteiger partial charge in [-0.25, -0.2) is 9.59 Å². The summed E-state index contributed by atoms with van der Waals surface area (Å²) in [6.45, 7) is 14.4. The van der Waals surface area contributed by atoms with Gasteiger partial charge in [-0.2, -0.15) is 0 Å². The van der Waals surface area contributed by atoms with Gasteiger partial charge in [0.1, 0.15) is 68.4 Å². The zero-order chi connectivity index (χ0) is 40.6. The van der Waals surface area contributed by atoms with E-state index in [1.165, 1.54) is 0 Å². The summed E-state index contributed by atoms with van der Waals surface area (Å²) in [7, 11) is 0. The van der Waals surface area contributed by atoms with E-state index >= 15 is 0 Å². The zero-order valence-corrected chi connectivity index (χ0v) is 32.4. The third-order valence-electron chi connectivity index (χ3n) is 8.66. The molecule has 0 bridgehead atoms. The number of esters is 2. The highest BCUT2D eigenvalue weighted by Gasteiger charge is 2.21. The van der Waals surface area contributed by atoms with Crippen molar-refractivity contribution in [1.82, 2.24) is 0 Å². The van der Waals surface area contributed by atoms with Gasteiger partial charge in [-0.1, -0.05) is 72.9 Å². The molecule has 0 radical (unpaired) electrons. The molecule has 0 spiro atoms. The highest BCUT2D eigenvalue weighted by Crippen LogP contribution is 2.31. The summed E-state index contributed by atoms with van der Waals surface area (Å²) in [5.74, 6) is 0.0132. The van der Waals surface area contributed by atoms with Gasteiger partial charge in [-0.05, 0) is 97.5 Å². The molecule has 0 saturated heterocycles. The Hall–Kier alpha value is -5.30. The molecule has 4 rings (SSSR count). The molecule has 0 fully saturated rings. The fourth-order valence-corrected chi connectivity index (χ4v) is 5.61. The third kappa shape index (κ3) is 13.5. The van der Waals surface area contributed by atoms with E-state index in [-0.39, 0.29) is 51.8 Å². The Balaban J connectivity index is 1.23. The summed E-state index contributed by atoms with van der Waals surface area (Å²) in [4.78, 5) is 22.5. The Morgan fingerprint density at radius 1 is 0.589 bits per heavy atom. The fourth-order valence-electron chi connectivity index (χ4n) is 5.61. The molecule has 11 nitrogen and oxygen atoms in total. The van der Waals surface area contributed by atoms with Gasteiger partial charge in [0.15, 0.2) is 0 Å². The van der Waals surface area contributed by atoms with Crippen molar-refractivity contribution in [3.05, 3.63) is 144 Å². The minimum absolute atomic E-state index is 0.00376. The first-order valence-electron chi connectivity index (χ1n) is 18.3. The smallest absolute Gasteiger partial charge is 0.330 e. The number of aliphatic hydroxyl groups excluding tert-OH is 3. The zero-order valence-electron chi connectivity index (χ0n) is 32.4. The lowest BCUT2D eigenvalue weighted by molar-refractivity contribution is -0.142. The van der Waals surface area contributed by atoms with Crippen LogP contribution < -0.4 is 9.47 Å². The number of aliphatic hydroxyl groups is 3. The molecule has 4 unspecified atom stereocenters. The van der Waals surface area contributed by atoms with Crippen LogP contribution in [-0.4, -0.2) is 97.4 Å². The Bertz CT molecular complexity index is 1720. The van der Waals surface area contributed by atoms with E-state index in [1.807, 2.05) is 113 Å². The van der Waals surface area contributed by atoms with Crippen LogP contribution in [0.1, 0.15) is 38.8 Å². The molecule has 0 aromatic heterocycles. The molecule has 0 aliphatic heterocycles. The quantitative estimate of drug-likeness (QED) is 0.107. The first-order valence-corrected chi connectivity index (χ1v) is 18.3. The van der Waals surface area contributed by atoms with Crippen molar-refractivity contribution < 1.29 is 53.3 Å². The number of carbonyl (C=O) groups is 2. The first kappa shape index (κ1) is 43.4. The number of allylic oxidation sites excluding steroid dienone is 6. The average molecular weight is 769 g/mol.